The first-order chi connectivity index (χ1) is 13.2. The average Bonchev–Trinajstić information content (AvgIpc) is 2.75. The van der Waals surface area contributed by atoms with Crippen LogP contribution in [0, 0.1) is 0 Å². The van der Waals surface area contributed by atoms with Crippen LogP contribution in [0.3, 0.4) is 0 Å². The number of benzene rings is 1. The molecule has 146 valence electrons. The lowest BCUT2D eigenvalue weighted by Crippen LogP contribution is -2.37. The van der Waals surface area contributed by atoms with Crippen LogP contribution in [0.15, 0.2) is 42.6 Å². The van der Waals surface area contributed by atoms with Gasteiger partial charge in [0.05, 0.1) is 13.2 Å². The summed E-state index contributed by atoms with van der Waals surface area (Å²) in [6, 6.07) is 11.3. The Morgan fingerprint density at radius 3 is 2.48 bits per heavy atom. The van der Waals surface area contributed by atoms with Crippen molar-refractivity contribution < 1.29 is 14.3 Å². The van der Waals surface area contributed by atoms with Gasteiger partial charge in [-0.3, -0.25) is 14.8 Å². The largest absolute Gasteiger partial charge is 0.439 e. The first-order valence-corrected chi connectivity index (χ1v) is 10.1. The van der Waals surface area contributed by atoms with Crippen LogP contribution < -0.4 is 9.88 Å². The van der Waals surface area contributed by atoms with Crippen LogP contribution in [-0.2, 0) is 11.2 Å². The summed E-state index contributed by atoms with van der Waals surface area (Å²) in [4.78, 5) is 18.0. The average molecular weight is 390 g/mol. The predicted octanol–water partition coefficient (Wildman–Crippen LogP) is 3.52. The van der Waals surface area contributed by atoms with Crippen molar-refractivity contribution in [1.29, 1.82) is 0 Å². The van der Waals surface area contributed by atoms with Crippen LogP contribution in [0.25, 0.3) is 0 Å². The molecule has 0 amide bonds. The molecule has 1 aliphatic rings. The van der Waals surface area contributed by atoms with Crippen LogP contribution in [-0.4, -0.2) is 47.8 Å². The summed E-state index contributed by atoms with van der Waals surface area (Å²) in [5, 5.41) is 5.03. The number of carbonyl (C=O) groups is 1. The minimum Gasteiger partial charge on any atom is -0.439 e. The second-order valence-electron chi connectivity index (χ2n) is 5.74. The van der Waals surface area contributed by atoms with E-state index in [1.165, 1.54) is 11.8 Å². The topological polar surface area (TPSA) is 77.7 Å². The molecule has 2 N–H and O–H groups in total. The molecule has 0 unspecified atom stereocenters. The van der Waals surface area contributed by atoms with Gasteiger partial charge in [0.1, 0.15) is 5.75 Å². The van der Waals surface area contributed by atoms with Gasteiger partial charge in [0.15, 0.2) is 0 Å². The molecule has 1 saturated heterocycles. The zero-order valence-electron chi connectivity index (χ0n) is 15.9. The van der Waals surface area contributed by atoms with E-state index < -0.39 is 0 Å². The van der Waals surface area contributed by atoms with Gasteiger partial charge in [-0.25, -0.2) is 4.98 Å². The predicted molar refractivity (Wildman–Crippen MR) is 109 cm³/mol. The van der Waals surface area contributed by atoms with Crippen LogP contribution in [0.4, 0.5) is 0 Å². The highest BCUT2D eigenvalue weighted by Gasteiger charge is 2.10. The number of morpholine rings is 1. The van der Waals surface area contributed by atoms with Crippen molar-refractivity contribution in [2.75, 3.05) is 32.8 Å². The molecule has 1 aliphatic heterocycles. The molecule has 2 aromatic rings. The molecule has 1 fully saturated rings. The van der Waals surface area contributed by atoms with Gasteiger partial charge in [0, 0.05) is 37.5 Å². The molecule has 0 radical (unpaired) electrons. The number of aromatic nitrogens is 1. The lowest BCUT2D eigenvalue weighted by molar-refractivity contribution is 0.0384. The molecule has 0 spiro atoms. The number of nitrogens with zero attached hydrogens (tertiary/aromatic N) is 2. The normalized spacial score (nSPS) is 14.2. The molecular formula is C20H27N3O3S. The van der Waals surface area contributed by atoms with E-state index in [4.69, 9.17) is 14.6 Å². The van der Waals surface area contributed by atoms with Crippen LogP contribution >= 0.6 is 11.9 Å². The van der Waals surface area contributed by atoms with Gasteiger partial charge in [-0.05, 0) is 42.1 Å². The third-order valence-electron chi connectivity index (χ3n) is 4.05. The Labute approximate surface area is 165 Å². The summed E-state index contributed by atoms with van der Waals surface area (Å²) < 4.78 is 11.1. The molecule has 0 saturated carbocycles. The number of nitrogens with two attached hydrogens (primary N) is 1. The molecule has 0 atom stereocenters. The van der Waals surface area contributed by atoms with Gasteiger partial charge in [0.25, 0.3) is 0 Å². The van der Waals surface area contributed by atoms with Crippen molar-refractivity contribution >= 4 is 17.1 Å². The number of hydrogen-bond donors (Lipinski definition) is 1. The van der Waals surface area contributed by atoms with Gasteiger partial charge in [-0.15, -0.1) is 0 Å². The minimum atomic E-state index is -0.219. The standard InChI is InChI=1S/C18H21N3O3S.C2H6/c19-25-18(22)15-3-6-17(20-13-15)24-16-4-1-14(2-5-16)7-8-21-9-11-23-12-10-21;1-2/h1-6,13H,7-12,19H2;1-2H3. The van der Waals surface area contributed by atoms with Gasteiger partial charge < -0.3 is 9.47 Å². The third-order valence-corrected chi connectivity index (χ3v) is 4.50. The highest BCUT2D eigenvalue weighted by Crippen LogP contribution is 2.21. The summed E-state index contributed by atoms with van der Waals surface area (Å²) in [6.07, 6.45) is 2.47. The van der Waals surface area contributed by atoms with Gasteiger partial charge in [-0.2, -0.15) is 0 Å². The highest BCUT2D eigenvalue weighted by atomic mass is 32.2. The SMILES string of the molecule is CC.NSC(=O)c1ccc(Oc2ccc(CCN3CCOCC3)cc2)nc1. The monoisotopic (exact) mass is 389 g/mol. The minimum absolute atomic E-state index is 0.219. The number of ether oxygens (including phenoxy) is 2. The Hall–Kier alpha value is -1.93. The second kappa shape index (κ2) is 11.7. The maximum atomic E-state index is 11.4. The zero-order chi connectivity index (χ0) is 19.5. The Bertz CT molecular complexity index is 687. The van der Waals surface area contributed by atoms with Crippen molar-refractivity contribution in [3.63, 3.8) is 0 Å². The quantitative estimate of drug-likeness (QED) is 0.757. The number of carbonyl (C=O) groups excluding carboxylic acids is 1. The van der Waals surface area contributed by atoms with E-state index in [1.54, 1.807) is 12.1 Å². The number of rotatable bonds is 6. The lowest BCUT2D eigenvalue weighted by Gasteiger charge is -2.26. The van der Waals surface area contributed by atoms with E-state index >= 15 is 0 Å². The van der Waals surface area contributed by atoms with Crippen LogP contribution in [0.5, 0.6) is 11.6 Å². The summed E-state index contributed by atoms with van der Waals surface area (Å²) in [6.45, 7) is 8.71. The van der Waals surface area contributed by atoms with E-state index in [0.29, 0.717) is 23.4 Å². The van der Waals surface area contributed by atoms with Crippen LogP contribution in [0.1, 0.15) is 29.8 Å². The first kappa shape index (κ1) is 21.4. The van der Waals surface area contributed by atoms with Crippen molar-refractivity contribution in [3.8, 4) is 11.6 Å². The maximum absolute atomic E-state index is 11.4. The summed E-state index contributed by atoms with van der Waals surface area (Å²) >= 11 is 0.674. The summed E-state index contributed by atoms with van der Waals surface area (Å²) in [5.41, 5.74) is 1.73. The lowest BCUT2D eigenvalue weighted by atomic mass is 10.1. The molecular weight excluding hydrogens is 362 g/mol. The fourth-order valence-electron chi connectivity index (χ4n) is 2.59. The molecule has 0 bridgehead atoms. The Balaban J connectivity index is 0.00000126. The first-order valence-electron chi connectivity index (χ1n) is 9.18. The van der Waals surface area contributed by atoms with Gasteiger partial charge >= 0.3 is 0 Å². The smallest absolute Gasteiger partial charge is 0.235 e. The van der Waals surface area contributed by atoms with Crippen molar-refractivity contribution in [3.05, 3.63) is 53.7 Å². The van der Waals surface area contributed by atoms with E-state index in [1.807, 2.05) is 26.0 Å². The van der Waals surface area contributed by atoms with E-state index in [0.717, 1.165) is 45.0 Å². The highest BCUT2D eigenvalue weighted by molar-refractivity contribution is 8.12. The van der Waals surface area contributed by atoms with Crippen molar-refractivity contribution in [2.24, 2.45) is 5.14 Å². The van der Waals surface area contributed by atoms with Crippen molar-refractivity contribution in [1.82, 2.24) is 9.88 Å². The fraction of sp³-hybridized carbons (Fsp3) is 0.400. The van der Waals surface area contributed by atoms with Gasteiger partial charge in [-0.1, -0.05) is 26.0 Å². The maximum Gasteiger partial charge on any atom is 0.235 e. The molecule has 3 rings (SSSR count). The molecule has 1 aromatic carbocycles. The second-order valence-corrected chi connectivity index (χ2v) is 6.35. The molecule has 0 aliphatic carbocycles. The van der Waals surface area contributed by atoms with E-state index in [-0.39, 0.29) is 5.12 Å². The molecule has 6 nitrogen and oxygen atoms in total. The van der Waals surface area contributed by atoms with Crippen LogP contribution in [0.2, 0.25) is 0 Å². The molecule has 7 heteroatoms. The van der Waals surface area contributed by atoms with E-state index in [9.17, 15) is 4.79 Å². The number of pyridine rings is 1. The molecule has 1 aromatic heterocycles. The number of hydrogen-bond acceptors (Lipinski definition) is 7. The Morgan fingerprint density at radius 1 is 1.19 bits per heavy atom. The molecule has 27 heavy (non-hydrogen) atoms. The fourth-order valence-corrected chi connectivity index (χ4v) is 2.84. The Morgan fingerprint density at radius 2 is 1.89 bits per heavy atom. The zero-order valence-corrected chi connectivity index (χ0v) is 16.7. The summed E-state index contributed by atoms with van der Waals surface area (Å²) in [5.74, 6) is 1.16. The summed E-state index contributed by atoms with van der Waals surface area (Å²) in [7, 11) is 0. The third kappa shape index (κ3) is 6.95. The van der Waals surface area contributed by atoms with Gasteiger partial charge in [0.2, 0.25) is 11.0 Å². The van der Waals surface area contributed by atoms with E-state index in [2.05, 4.69) is 22.0 Å². The van der Waals surface area contributed by atoms with Crippen molar-refractivity contribution in [2.45, 2.75) is 20.3 Å². The molecule has 2 heterocycles. The Kier molecular flexibility index (Phi) is 9.27.